The minimum atomic E-state index is -0.432. The Morgan fingerprint density at radius 3 is 2.32 bits per heavy atom. The molecule has 5 rings (SSSR count). The molecule has 38 heavy (non-hydrogen) atoms. The molecule has 4 aromatic rings. The van der Waals surface area contributed by atoms with Gasteiger partial charge in [0.1, 0.15) is 24.7 Å². The monoisotopic (exact) mass is 507 g/mol. The van der Waals surface area contributed by atoms with Gasteiger partial charge in [0.15, 0.2) is 0 Å². The average Bonchev–Trinajstić information content (AvgIpc) is 3.36. The van der Waals surface area contributed by atoms with Crippen LogP contribution in [0.1, 0.15) is 56.0 Å². The Balaban J connectivity index is 1.35. The number of fused-ring (bicyclic) bond motifs is 1. The lowest BCUT2D eigenvalue weighted by Gasteiger charge is -2.28. The fourth-order valence-corrected chi connectivity index (χ4v) is 4.54. The van der Waals surface area contributed by atoms with Crippen LogP contribution in [0.2, 0.25) is 0 Å². The Morgan fingerprint density at radius 2 is 1.66 bits per heavy atom. The number of ether oxygens (including phenoxy) is 1. The van der Waals surface area contributed by atoms with Gasteiger partial charge in [0, 0.05) is 11.4 Å². The molecule has 1 aliphatic heterocycles. The van der Waals surface area contributed by atoms with Crippen molar-refractivity contribution in [3.8, 4) is 5.75 Å². The first-order valence-corrected chi connectivity index (χ1v) is 12.8. The molecular weight excluding hydrogens is 474 g/mol. The SMILES string of the molecule is CC1=C(C(=O)Nc2ccc(C)cc2)C(c2ccc(OCc3ccc(C(C)(C)C)cc3)cc2)n2ncnc2N1. The van der Waals surface area contributed by atoms with Crippen molar-refractivity contribution in [3.63, 3.8) is 0 Å². The molecule has 0 fully saturated rings. The highest BCUT2D eigenvalue weighted by Gasteiger charge is 2.33. The summed E-state index contributed by atoms with van der Waals surface area (Å²) in [6.45, 7) is 11.0. The van der Waals surface area contributed by atoms with Gasteiger partial charge in [0.05, 0.1) is 5.57 Å². The summed E-state index contributed by atoms with van der Waals surface area (Å²) < 4.78 is 7.80. The van der Waals surface area contributed by atoms with E-state index in [1.54, 1.807) is 4.68 Å². The van der Waals surface area contributed by atoms with Crippen molar-refractivity contribution in [1.82, 2.24) is 14.8 Å². The lowest BCUT2D eigenvalue weighted by molar-refractivity contribution is -0.113. The molecule has 1 amide bonds. The van der Waals surface area contributed by atoms with Gasteiger partial charge in [0.2, 0.25) is 5.95 Å². The summed E-state index contributed by atoms with van der Waals surface area (Å²) in [6.07, 6.45) is 1.49. The van der Waals surface area contributed by atoms with Crippen molar-refractivity contribution in [2.45, 2.75) is 52.7 Å². The van der Waals surface area contributed by atoms with Crippen molar-refractivity contribution >= 4 is 17.5 Å². The van der Waals surface area contributed by atoms with E-state index >= 15 is 0 Å². The van der Waals surface area contributed by atoms with Crippen LogP contribution in [0.25, 0.3) is 0 Å². The van der Waals surface area contributed by atoms with E-state index in [1.807, 2.05) is 62.4 Å². The molecule has 2 heterocycles. The zero-order chi connectivity index (χ0) is 26.9. The third-order valence-electron chi connectivity index (χ3n) is 6.77. The van der Waals surface area contributed by atoms with Crippen LogP contribution < -0.4 is 15.4 Å². The highest BCUT2D eigenvalue weighted by atomic mass is 16.5. The first-order valence-electron chi connectivity index (χ1n) is 12.8. The molecule has 1 atom stereocenters. The van der Waals surface area contributed by atoms with Crippen LogP contribution in [0, 0.1) is 6.92 Å². The third-order valence-corrected chi connectivity index (χ3v) is 6.77. The predicted octanol–water partition coefficient (Wildman–Crippen LogP) is 6.39. The van der Waals surface area contributed by atoms with Crippen LogP contribution >= 0.6 is 0 Å². The van der Waals surface area contributed by atoms with E-state index in [9.17, 15) is 4.79 Å². The molecule has 3 aromatic carbocycles. The summed E-state index contributed by atoms with van der Waals surface area (Å²) in [5.74, 6) is 1.16. The summed E-state index contributed by atoms with van der Waals surface area (Å²) in [5.41, 5.74) is 6.63. The third kappa shape index (κ3) is 5.32. The van der Waals surface area contributed by atoms with Crippen molar-refractivity contribution in [2.75, 3.05) is 10.6 Å². The van der Waals surface area contributed by atoms with E-state index in [0.29, 0.717) is 18.1 Å². The molecule has 194 valence electrons. The van der Waals surface area contributed by atoms with E-state index in [2.05, 4.69) is 65.8 Å². The number of anilines is 2. The fourth-order valence-electron chi connectivity index (χ4n) is 4.54. The smallest absolute Gasteiger partial charge is 0.255 e. The molecule has 1 aromatic heterocycles. The summed E-state index contributed by atoms with van der Waals surface area (Å²) in [7, 11) is 0. The number of amides is 1. The number of carbonyl (C=O) groups excluding carboxylic acids is 1. The number of aryl methyl sites for hydroxylation is 1. The Labute approximate surface area is 223 Å². The summed E-state index contributed by atoms with van der Waals surface area (Å²) in [4.78, 5) is 17.8. The van der Waals surface area contributed by atoms with Crippen molar-refractivity contribution in [2.24, 2.45) is 0 Å². The molecule has 0 spiro atoms. The first-order chi connectivity index (χ1) is 18.2. The highest BCUT2D eigenvalue weighted by molar-refractivity contribution is 6.06. The normalized spacial score (nSPS) is 15.0. The quantitative estimate of drug-likeness (QED) is 0.316. The van der Waals surface area contributed by atoms with E-state index in [-0.39, 0.29) is 11.3 Å². The zero-order valence-electron chi connectivity index (χ0n) is 22.4. The summed E-state index contributed by atoms with van der Waals surface area (Å²) in [6, 6.07) is 23.7. The maximum absolute atomic E-state index is 13.5. The van der Waals surface area contributed by atoms with Gasteiger partial charge in [-0.2, -0.15) is 10.1 Å². The van der Waals surface area contributed by atoms with Crippen LogP contribution in [-0.4, -0.2) is 20.7 Å². The number of nitrogens with zero attached hydrogens (tertiary/aromatic N) is 3. The molecular formula is C31H33N5O2. The zero-order valence-corrected chi connectivity index (χ0v) is 22.4. The Kier molecular flexibility index (Phi) is 6.76. The number of hydrogen-bond donors (Lipinski definition) is 2. The van der Waals surface area contributed by atoms with Gasteiger partial charge in [0.25, 0.3) is 5.91 Å². The molecule has 2 N–H and O–H groups in total. The van der Waals surface area contributed by atoms with Crippen LogP contribution in [0.3, 0.4) is 0 Å². The van der Waals surface area contributed by atoms with Crippen LogP contribution in [-0.2, 0) is 16.8 Å². The highest BCUT2D eigenvalue weighted by Crippen LogP contribution is 2.36. The topological polar surface area (TPSA) is 81.1 Å². The maximum atomic E-state index is 13.5. The van der Waals surface area contributed by atoms with Gasteiger partial charge >= 0.3 is 0 Å². The standard InChI is InChI=1S/C31H33N5O2/c1-20-6-14-25(15-7-20)35-29(37)27-21(2)34-30-32-19-33-36(30)28(27)23-10-16-26(17-11-23)38-18-22-8-12-24(13-9-22)31(3,4)5/h6-17,19,28H,18H2,1-5H3,(H,35,37)(H,32,33,34). The average molecular weight is 508 g/mol. The summed E-state index contributed by atoms with van der Waals surface area (Å²) in [5, 5.41) is 10.7. The van der Waals surface area contributed by atoms with Crippen molar-refractivity contribution in [3.05, 3.63) is 113 Å². The minimum Gasteiger partial charge on any atom is -0.489 e. The van der Waals surface area contributed by atoms with Gasteiger partial charge in [-0.15, -0.1) is 0 Å². The second-order valence-electron chi connectivity index (χ2n) is 10.7. The molecule has 0 bridgehead atoms. The Hall–Kier alpha value is -4.39. The Bertz CT molecular complexity index is 1460. The van der Waals surface area contributed by atoms with E-state index in [4.69, 9.17) is 4.74 Å². The van der Waals surface area contributed by atoms with Gasteiger partial charge in [-0.25, -0.2) is 4.68 Å². The van der Waals surface area contributed by atoms with E-state index < -0.39 is 6.04 Å². The molecule has 7 nitrogen and oxygen atoms in total. The van der Waals surface area contributed by atoms with E-state index in [1.165, 1.54) is 11.9 Å². The molecule has 0 aliphatic carbocycles. The molecule has 0 saturated carbocycles. The van der Waals surface area contributed by atoms with Crippen LogP contribution in [0.5, 0.6) is 5.75 Å². The summed E-state index contributed by atoms with van der Waals surface area (Å²) >= 11 is 0. The lowest BCUT2D eigenvalue weighted by Crippen LogP contribution is -2.31. The van der Waals surface area contributed by atoms with Crippen LogP contribution in [0.15, 0.2) is 90.4 Å². The van der Waals surface area contributed by atoms with Crippen molar-refractivity contribution < 1.29 is 9.53 Å². The molecule has 0 saturated heterocycles. The largest absolute Gasteiger partial charge is 0.489 e. The second kappa shape index (κ2) is 10.2. The molecule has 1 aliphatic rings. The van der Waals surface area contributed by atoms with Gasteiger partial charge in [-0.1, -0.05) is 74.9 Å². The number of nitrogens with one attached hydrogen (secondary N) is 2. The molecule has 7 heteroatoms. The number of benzene rings is 3. The number of aromatic nitrogens is 3. The number of allylic oxidation sites excluding steroid dienone is 1. The first kappa shape index (κ1) is 25.3. The second-order valence-corrected chi connectivity index (χ2v) is 10.7. The van der Waals surface area contributed by atoms with Crippen molar-refractivity contribution in [1.29, 1.82) is 0 Å². The Morgan fingerprint density at radius 1 is 0.974 bits per heavy atom. The minimum absolute atomic E-state index is 0.122. The predicted molar refractivity (Wildman–Crippen MR) is 150 cm³/mol. The number of hydrogen-bond acceptors (Lipinski definition) is 5. The molecule has 0 radical (unpaired) electrons. The maximum Gasteiger partial charge on any atom is 0.255 e. The van der Waals surface area contributed by atoms with Gasteiger partial charge in [-0.05, 0) is 60.2 Å². The number of carbonyl (C=O) groups is 1. The fraction of sp³-hybridized carbons (Fsp3) is 0.258. The molecule has 1 unspecified atom stereocenters. The lowest BCUT2D eigenvalue weighted by atomic mass is 9.87. The van der Waals surface area contributed by atoms with Gasteiger partial charge < -0.3 is 15.4 Å². The van der Waals surface area contributed by atoms with Crippen LogP contribution in [0.4, 0.5) is 11.6 Å². The van der Waals surface area contributed by atoms with E-state index in [0.717, 1.165) is 33.8 Å². The van der Waals surface area contributed by atoms with Gasteiger partial charge in [-0.3, -0.25) is 4.79 Å². The number of rotatable bonds is 6.